The van der Waals surface area contributed by atoms with E-state index in [0.717, 1.165) is 6.07 Å². The first-order chi connectivity index (χ1) is 9.27. The first-order valence-corrected chi connectivity index (χ1v) is 5.61. The molecule has 0 aliphatic carbocycles. The molecule has 0 saturated carbocycles. The summed E-state index contributed by atoms with van der Waals surface area (Å²) in [5, 5.41) is 27.7. The van der Waals surface area contributed by atoms with Gasteiger partial charge in [0.05, 0.1) is 18.8 Å². The van der Waals surface area contributed by atoms with Crippen molar-refractivity contribution in [3.8, 4) is 6.07 Å². The summed E-state index contributed by atoms with van der Waals surface area (Å²) in [5.41, 5.74) is -2.88. The predicted octanol–water partition coefficient (Wildman–Crippen LogP) is 2.37. The third kappa shape index (κ3) is 3.37. The van der Waals surface area contributed by atoms with Gasteiger partial charge in [0.2, 0.25) is 5.69 Å². The molecule has 2 atom stereocenters. The molecule has 0 spiro atoms. The SMILES string of the molecule is [C-]#[N+]c1c(F)c(C#N)c(F)c(F)c1C(C(C)O)C(C)O.[Cu]. The van der Waals surface area contributed by atoms with Crippen LogP contribution in [-0.4, -0.2) is 22.4 Å². The second-order valence-electron chi connectivity index (χ2n) is 4.31. The number of nitriles is 1. The monoisotopic (exact) mass is 347 g/mol. The Morgan fingerprint density at radius 3 is 1.90 bits per heavy atom. The van der Waals surface area contributed by atoms with Crippen LogP contribution >= 0.6 is 0 Å². The van der Waals surface area contributed by atoms with E-state index in [2.05, 4.69) is 4.85 Å². The van der Waals surface area contributed by atoms with Crippen LogP contribution in [0.2, 0.25) is 0 Å². The van der Waals surface area contributed by atoms with Gasteiger partial charge in [0.25, 0.3) is 0 Å². The zero-order chi connectivity index (χ0) is 15.6. The van der Waals surface area contributed by atoms with Crippen molar-refractivity contribution in [2.75, 3.05) is 0 Å². The quantitative estimate of drug-likeness (QED) is 0.501. The van der Waals surface area contributed by atoms with Gasteiger partial charge in [-0.1, -0.05) is 0 Å². The molecule has 0 fully saturated rings. The van der Waals surface area contributed by atoms with Crippen molar-refractivity contribution < 1.29 is 40.5 Å². The molecular formula is C13H11CuF3N2O2. The minimum Gasteiger partial charge on any atom is -0.393 e. The van der Waals surface area contributed by atoms with Gasteiger partial charge in [0.1, 0.15) is 11.6 Å². The summed E-state index contributed by atoms with van der Waals surface area (Å²) in [6.07, 6.45) is -2.70. The topological polar surface area (TPSA) is 68.6 Å². The molecule has 0 bridgehead atoms. The van der Waals surface area contributed by atoms with Gasteiger partial charge in [-0.2, -0.15) is 5.26 Å². The molecule has 1 aromatic carbocycles. The fourth-order valence-corrected chi connectivity index (χ4v) is 2.06. The number of hydrogen-bond donors (Lipinski definition) is 2. The Labute approximate surface area is 130 Å². The maximum absolute atomic E-state index is 14.0. The molecule has 0 aromatic heterocycles. The van der Waals surface area contributed by atoms with E-state index in [0.29, 0.717) is 0 Å². The van der Waals surface area contributed by atoms with Crippen LogP contribution in [0.25, 0.3) is 4.85 Å². The number of aliphatic hydroxyl groups is 2. The fraction of sp³-hybridized carbons (Fsp3) is 0.385. The zero-order valence-electron chi connectivity index (χ0n) is 11.0. The standard InChI is InChI=1S/C13H11F3N2O2.Cu/c1-5(19)8(6(2)20)9-12(16)10(14)7(4-17)11(15)13(9)18-3;/h5-6,8,19-20H,1-2H3;. The van der Waals surface area contributed by atoms with Crippen LogP contribution in [0.15, 0.2) is 0 Å². The van der Waals surface area contributed by atoms with E-state index < -0.39 is 52.4 Å². The summed E-state index contributed by atoms with van der Waals surface area (Å²) in [5.74, 6) is -6.24. The number of hydrogen-bond acceptors (Lipinski definition) is 3. The summed E-state index contributed by atoms with van der Waals surface area (Å²) < 4.78 is 41.5. The Bertz CT molecular complexity index is 614. The van der Waals surface area contributed by atoms with Gasteiger partial charge in [-0.15, -0.1) is 0 Å². The van der Waals surface area contributed by atoms with E-state index in [1.165, 1.54) is 13.8 Å². The average Bonchev–Trinajstić information content (AvgIpc) is 2.35. The molecule has 0 heterocycles. The minimum atomic E-state index is -1.74. The second kappa shape index (κ2) is 7.44. The summed E-state index contributed by atoms with van der Waals surface area (Å²) in [4.78, 5) is 2.76. The number of benzene rings is 1. The van der Waals surface area contributed by atoms with E-state index in [-0.39, 0.29) is 17.1 Å². The average molecular weight is 348 g/mol. The Hall–Kier alpha value is -1.57. The molecule has 1 aromatic rings. The fourth-order valence-electron chi connectivity index (χ4n) is 2.06. The molecule has 2 unspecified atom stereocenters. The molecule has 8 heteroatoms. The van der Waals surface area contributed by atoms with Gasteiger partial charge in [-0.25, -0.2) is 18.0 Å². The molecule has 117 valence electrons. The van der Waals surface area contributed by atoms with Crippen LogP contribution in [0.1, 0.15) is 30.9 Å². The molecule has 1 rings (SSSR count). The van der Waals surface area contributed by atoms with Crippen molar-refractivity contribution in [2.45, 2.75) is 32.0 Å². The molecule has 1 radical (unpaired) electrons. The van der Waals surface area contributed by atoms with Crippen LogP contribution in [0.4, 0.5) is 18.9 Å². The van der Waals surface area contributed by atoms with Gasteiger partial charge < -0.3 is 10.2 Å². The number of nitrogens with zero attached hydrogens (tertiary/aromatic N) is 2. The van der Waals surface area contributed by atoms with Gasteiger partial charge >= 0.3 is 0 Å². The smallest absolute Gasteiger partial charge is 0.230 e. The van der Waals surface area contributed by atoms with Crippen LogP contribution in [0.5, 0.6) is 0 Å². The summed E-state index contributed by atoms with van der Waals surface area (Å²) in [6, 6.07) is 1.15. The molecule has 0 saturated heterocycles. The number of rotatable bonds is 3. The largest absolute Gasteiger partial charge is 0.393 e. The molecule has 0 amide bonds. The van der Waals surface area contributed by atoms with Crippen LogP contribution in [0.3, 0.4) is 0 Å². The minimum absolute atomic E-state index is 0. The summed E-state index contributed by atoms with van der Waals surface area (Å²) in [6.45, 7) is 9.25. The van der Waals surface area contributed by atoms with Crippen molar-refractivity contribution in [3.63, 3.8) is 0 Å². The third-order valence-corrected chi connectivity index (χ3v) is 2.93. The van der Waals surface area contributed by atoms with E-state index >= 15 is 0 Å². The van der Waals surface area contributed by atoms with Crippen LogP contribution in [-0.2, 0) is 17.1 Å². The Kier molecular flexibility index (Phi) is 6.88. The zero-order valence-corrected chi connectivity index (χ0v) is 11.9. The maximum Gasteiger partial charge on any atom is 0.230 e. The normalized spacial score (nSPS) is 14.3. The Balaban J connectivity index is 0.00000400. The van der Waals surface area contributed by atoms with Crippen molar-refractivity contribution in [2.24, 2.45) is 0 Å². The number of halogens is 3. The first kappa shape index (κ1) is 19.4. The summed E-state index contributed by atoms with van der Waals surface area (Å²) >= 11 is 0. The molecule has 21 heavy (non-hydrogen) atoms. The molecule has 0 aliphatic heterocycles. The van der Waals surface area contributed by atoms with Crippen molar-refractivity contribution >= 4 is 5.69 Å². The van der Waals surface area contributed by atoms with Crippen molar-refractivity contribution in [1.82, 2.24) is 0 Å². The van der Waals surface area contributed by atoms with Crippen molar-refractivity contribution in [1.29, 1.82) is 5.26 Å². The van der Waals surface area contributed by atoms with E-state index in [4.69, 9.17) is 11.8 Å². The predicted molar refractivity (Wildman–Crippen MR) is 63.4 cm³/mol. The second-order valence-corrected chi connectivity index (χ2v) is 4.31. The van der Waals surface area contributed by atoms with Crippen molar-refractivity contribution in [3.05, 3.63) is 40.0 Å². The number of aliphatic hydroxyl groups excluding tert-OH is 2. The molecular weight excluding hydrogens is 337 g/mol. The molecule has 4 nitrogen and oxygen atoms in total. The molecule has 2 N–H and O–H groups in total. The molecule has 0 aliphatic rings. The van der Waals surface area contributed by atoms with Crippen LogP contribution < -0.4 is 0 Å². The maximum atomic E-state index is 14.0. The van der Waals surface area contributed by atoms with Gasteiger partial charge in [-0.3, -0.25) is 0 Å². The van der Waals surface area contributed by atoms with Gasteiger partial charge in [0, 0.05) is 28.6 Å². The Morgan fingerprint density at radius 1 is 1.10 bits per heavy atom. The van der Waals surface area contributed by atoms with E-state index in [1.807, 2.05) is 0 Å². The Morgan fingerprint density at radius 2 is 1.57 bits per heavy atom. The van der Waals surface area contributed by atoms with E-state index in [9.17, 15) is 23.4 Å². The van der Waals surface area contributed by atoms with Gasteiger partial charge in [-0.05, 0) is 13.8 Å². The summed E-state index contributed by atoms with van der Waals surface area (Å²) in [7, 11) is 0. The third-order valence-electron chi connectivity index (χ3n) is 2.93. The van der Waals surface area contributed by atoms with E-state index in [1.54, 1.807) is 0 Å². The first-order valence-electron chi connectivity index (χ1n) is 5.61. The van der Waals surface area contributed by atoms with Crippen LogP contribution in [0, 0.1) is 35.4 Å². The van der Waals surface area contributed by atoms with Gasteiger partial charge in [0.15, 0.2) is 17.5 Å².